The Kier molecular flexibility index (Phi) is 4.42. The number of nitrogens with two attached hydrogens (primary N) is 1. The van der Waals surface area contributed by atoms with Crippen LogP contribution in [0.15, 0.2) is 0 Å². The number of nitrogens with one attached hydrogen (secondary N) is 3. The first-order chi connectivity index (χ1) is 8.91. The van der Waals surface area contributed by atoms with Gasteiger partial charge in [0.15, 0.2) is 0 Å². The van der Waals surface area contributed by atoms with E-state index in [2.05, 4.69) is 16.2 Å². The molecule has 0 aromatic heterocycles. The molecular weight excluding hydrogens is 248 g/mol. The molecule has 0 aromatic rings. The summed E-state index contributed by atoms with van der Waals surface area (Å²) in [5.41, 5.74) is 11.3. The third-order valence-corrected chi connectivity index (χ3v) is 4.37. The zero-order chi connectivity index (χ0) is 14.2. The Labute approximate surface area is 112 Å². The first-order valence-corrected chi connectivity index (χ1v) is 6.84. The zero-order valence-electron chi connectivity index (χ0n) is 11.3. The quantitative estimate of drug-likeness (QED) is 0.346. The van der Waals surface area contributed by atoms with Gasteiger partial charge in [-0.05, 0) is 26.7 Å². The average Bonchev–Trinajstić information content (AvgIpc) is 2.87. The standard InChI is InChI=1S/C12H24N4O3/c1-5(14-7-3-4-8(17)11(7)18)9-6(2)15-16-10(9)12(13)19/h5-11,14-18H,3-4H2,1-2H3,(H2,13,19)/t5?,6?,7-,8-,9?,10?,11+/m1/s1. The Morgan fingerprint density at radius 2 is 2.05 bits per heavy atom. The van der Waals surface area contributed by atoms with Crippen LogP contribution >= 0.6 is 0 Å². The van der Waals surface area contributed by atoms with Gasteiger partial charge in [-0.1, -0.05) is 0 Å². The minimum atomic E-state index is -0.743. The second kappa shape index (κ2) is 5.72. The fraction of sp³-hybridized carbons (Fsp3) is 0.917. The molecule has 0 aromatic carbocycles. The lowest BCUT2D eigenvalue weighted by molar-refractivity contribution is -0.120. The van der Waals surface area contributed by atoms with E-state index in [-0.39, 0.29) is 30.0 Å². The molecule has 4 unspecified atom stereocenters. The van der Waals surface area contributed by atoms with E-state index in [4.69, 9.17) is 5.73 Å². The molecule has 0 bridgehead atoms. The first kappa shape index (κ1) is 14.7. The first-order valence-electron chi connectivity index (χ1n) is 6.84. The number of carbonyl (C=O) groups is 1. The summed E-state index contributed by atoms with van der Waals surface area (Å²) in [7, 11) is 0. The van der Waals surface area contributed by atoms with Crippen LogP contribution in [-0.2, 0) is 4.79 Å². The summed E-state index contributed by atoms with van der Waals surface area (Å²) in [6.07, 6.45) is -0.0711. The van der Waals surface area contributed by atoms with Crippen molar-refractivity contribution in [1.82, 2.24) is 16.2 Å². The van der Waals surface area contributed by atoms with Crippen molar-refractivity contribution in [2.45, 2.75) is 63.1 Å². The van der Waals surface area contributed by atoms with Gasteiger partial charge in [-0.15, -0.1) is 0 Å². The van der Waals surface area contributed by atoms with Gasteiger partial charge in [0.2, 0.25) is 5.91 Å². The van der Waals surface area contributed by atoms with Crippen LogP contribution in [0.25, 0.3) is 0 Å². The molecule has 1 aliphatic carbocycles. The van der Waals surface area contributed by atoms with E-state index in [1.165, 1.54) is 0 Å². The van der Waals surface area contributed by atoms with Crippen molar-refractivity contribution in [3.05, 3.63) is 0 Å². The van der Waals surface area contributed by atoms with E-state index in [9.17, 15) is 15.0 Å². The molecule has 1 amide bonds. The maximum atomic E-state index is 11.4. The predicted molar refractivity (Wildman–Crippen MR) is 69.8 cm³/mol. The van der Waals surface area contributed by atoms with E-state index < -0.39 is 18.2 Å². The van der Waals surface area contributed by atoms with Crippen LogP contribution in [-0.4, -0.2) is 52.5 Å². The van der Waals surface area contributed by atoms with Crippen molar-refractivity contribution in [2.75, 3.05) is 0 Å². The highest BCUT2D eigenvalue weighted by Gasteiger charge is 2.42. The number of hydrogen-bond donors (Lipinski definition) is 6. The second-order valence-corrected chi connectivity index (χ2v) is 5.73. The normalized spacial score (nSPS) is 44.4. The van der Waals surface area contributed by atoms with E-state index in [1.54, 1.807) is 0 Å². The highest BCUT2D eigenvalue weighted by atomic mass is 16.3. The molecular formula is C12H24N4O3. The highest BCUT2D eigenvalue weighted by molar-refractivity contribution is 5.80. The van der Waals surface area contributed by atoms with Gasteiger partial charge in [-0.3, -0.25) is 10.2 Å². The van der Waals surface area contributed by atoms with Gasteiger partial charge in [0.05, 0.1) is 12.2 Å². The molecule has 110 valence electrons. The molecule has 7 N–H and O–H groups in total. The molecule has 7 atom stereocenters. The summed E-state index contributed by atoms with van der Waals surface area (Å²) in [4.78, 5) is 11.4. The van der Waals surface area contributed by atoms with Crippen LogP contribution in [0.4, 0.5) is 0 Å². The van der Waals surface area contributed by atoms with Gasteiger partial charge in [0.25, 0.3) is 0 Å². The number of carbonyl (C=O) groups excluding carboxylic acids is 1. The minimum Gasteiger partial charge on any atom is -0.390 e. The topological polar surface area (TPSA) is 120 Å². The maximum Gasteiger partial charge on any atom is 0.236 e. The molecule has 0 radical (unpaired) electrons. The number of amides is 1. The molecule has 1 heterocycles. The molecule has 0 spiro atoms. The van der Waals surface area contributed by atoms with Crippen LogP contribution in [0, 0.1) is 5.92 Å². The number of primary amides is 1. The fourth-order valence-corrected chi connectivity index (χ4v) is 3.28. The average molecular weight is 272 g/mol. The summed E-state index contributed by atoms with van der Waals surface area (Å²) >= 11 is 0. The molecule has 7 nitrogen and oxygen atoms in total. The number of rotatable bonds is 4. The Hall–Kier alpha value is -0.730. The van der Waals surface area contributed by atoms with Crippen LogP contribution < -0.4 is 21.9 Å². The molecule has 1 aliphatic heterocycles. The van der Waals surface area contributed by atoms with E-state index in [0.717, 1.165) is 6.42 Å². The van der Waals surface area contributed by atoms with Gasteiger partial charge in [0, 0.05) is 24.0 Å². The molecule has 2 fully saturated rings. The lowest BCUT2D eigenvalue weighted by Crippen LogP contribution is -2.53. The SMILES string of the molecule is CC1NNC(C(N)=O)C1C(C)N[C@@H]1CC[C@@H](O)[C@H]1O. The number of hydrogen-bond acceptors (Lipinski definition) is 6. The van der Waals surface area contributed by atoms with Crippen molar-refractivity contribution in [1.29, 1.82) is 0 Å². The smallest absolute Gasteiger partial charge is 0.236 e. The Morgan fingerprint density at radius 1 is 1.37 bits per heavy atom. The Bertz CT molecular complexity index is 341. The van der Waals surface area contributed by atoms with Gasteiger partial charge < -0.3 is 21.3 Å². The fourth-order valence-electron chi connectivity index (χ4n) is 3.28. The second-order valence-electron chi connectivity index (χ2n) is 5.73. The van der Waals surface area contributed by atoms with Gasteiger partial charge in [-0.25, -0.2) is 5.43 Å². The van der Waals surface area contributed by atoms with Gasteiger partial charge >= 0.3 is 0 Å². The Balaban J connectivity index is 1.98. The van der Waals surface area contributed by atoms with Crippen molar-refractivity contribution in [3.63, 3.8) is 0 Å². The highest BCUT2D eigenvalue weighted by Crippen LogP contribution is 2.24. The van der Waals surface area contributed by atoms with Crippen LogP contribution in [0.3, 0.4) is 0 Å². The number of aliphatic hydroxyl groups is 2. The van der Waals surface area contributed by atoms with E-state index in [1.807, 2.05) is 13.8 Å². The molecule has 7 heteroatoms. The summed E-state index contributed by atoms with van der Waals surface area (Å²) in [6.45, 7) is 3.96. The van der Waals surface area contributed by atoms with Crippen LogP contribution in [0.1, 0.15) is 26.7 Å². The van der Waals surface area contributed by atoms with E-state index in [0.29, 0.717) is 6.42 Å². The molecule has 2 aliphatic rings. The number of hydrazine groups is 1. The summed E-state index contributed by atoms with van der Waals surface area (Å²) < 4.78 is 0. The van der Waals surface area contributed by atoms with Gasteiger partial charge in [-0.2, -0.15) is 0 Å². The summed E-state index contributed by atoms with van der Waals surface area (Å²) in [6, 6.07) is -0.462. The summed E-state index contributed by atoms with van der Waals surface area (Å²) in [5.74, 6) is -0.384. The summed E-state index contributed by atoms with van der Waals surface area (Å²) in [5, 5.41) is 22.7. The van der Waals surface area contributed by atoms with E-state index >= 15 is 0 Å². The molecule has 1 saturated heterocycles. The predicted octanol–water partition coefficient (Wildman–Crippen LogP) is -2.18. The Morgan fingerprint density at radius 3 is 2.58 bits per heavy atom. The van der Waals surface area contributed by atoms with Crippen molar-refractivity contribution in [2.24, 2.45) is 11.7 Å². The third-order valence-electron chi connectivity index (χ3n) is 4.37. The zero-order valence-corrected chi connectivity index (χ0v) is 11.3. The lowest BCUT2D eigenvalue weighted by Gasteiger charge is -2.30. The van der Waals surface area contributed by atoms with Crippen LogP contribution in [0.5, 0.6) is 0 Å². The van der Waals surface area contributed by atoms with Crippen LogP contribution in [0.2, 0.25) is 0 Å². The van der Waals surface area contributed by atoms with Crippen molar-refractivity contribution in [3.8, 4) is 0 Å². The lowest BCUT2D eigenvalue weighted by atomic mass is 9.87. The monoisotopic (exact) mass is 272 g/mol. The third kappa shape index (κ3) is 2.90. The molecule has 2 rings (SSSR count). The van der Waals surface area contributed by atoms with Crippen molar-refractivity contribution >= 4 is 5.91 Å². The van der Waals surface area contributed by atoms with Gasteiger partial charge in [0.1, 0.15) is 6.04 Å². The minimum absolute atomic E-state index is 0.0000463. The number of aliphatic hydroxyl groups excluding tert-OH is 2. The molecule has 1 saturated carbocycles. The van der Waals surface area contributed by atoms with Crippen molar-refractivity contribution < 1.29 is 15.0 Å². The largest absolute Gasteiger partial charge is 0.390 e. The molecule has 19 heavy (non-hydrogen) atoms. The maximum absolute atomic E-state index is 11.4.